The molecule has 62 valence electrons. The Morgan fingerprint density at radius 1 is 1.55 bits per heavy atom. The van der Waals surface area contributed by atoms with Crippen LogP contribution in [0.15, 0.2) is 12.7 Å². The van der Waals surface area contributed by atoms with Crippen LogP contribution in [0.5, 0.6) is 0 Å². The summed E-state index contributed by atoms with van der Waals surface area (Å²) >= 11 is 0. The van der Waals surface area contributed by atoms with Crippen molar-refractivity contribution in [2.45, 2.75) is 31.5 Å². The molecule has 0 radical (unpaired) electrons. The molecule has 0 aliphatic carbocycles. The van der Waals surface area contributed by atoms with E-state index in [0.717, 1.165) is 13.2 Å². The van der Waals surface area contributed by atoms with E-state index in [1.165, 1.54) is 6.42 Å². The van der Waals surface area contributed by atoms with E-state index in [0.29, 0.717) is 18.1 Å². The molecule has 3 saturated heterocycles. The molecule has 3 atom stereocenters. The van der Waals surface area contributed by atoms with Gasteiger partial charge in [-0.05, 0) is 13.3 Å². The summed E-state index contributed by atoms with van der Waals surface area (Å²) in [6.45, 7) is 7.86. The highest BCUT2D eigenvalue weighted by Gasteiger charge is 2.43. The first-order chi connectivity index (χ1) is 5.33. The van der Waals surface area contributed by atoms with Gasteiger partial charge in [-0.15, -0.1) is 6.58 Å². The average Bonchev–Trinajstić information content (AvgIpc) is 2.05. The zero-order valence-corrected chi connectivity index (χ0v) is 6.99. The predicted octanol–water partition coefficient (Wildman–Crippen LogP) is 1.03. The summed E-state index contributed by atoms with van der Waals surface area (Å²) in [5, 5.41) is 0. The number of hydrogen-bond acceptors (Lipinski definition) is 2. The van der Waals surface area contributed by atoms with Gasteiger partial charge in [0, 0.05) is 18.1 Å². The van der Waals surface area contributed by atoms with Crippen LogP contribution in [0.4, 0.5) is 0 Å². The van der Waals surface area contributed by atoms with E-state index < -0.39 is 0 Å². The van der Waals surface area contributed by atoms with Crippen LogP contribution in [0.2, 0.25) is 0 Å². The van der Waals surface area contributed by atoms with E-state index in [9.17, 15) is 0 Å². The minimum Gasteiger partial charge on any atom is -0.378 e. The highest BCUT2D eigenvalue weighted by atomic mass is 16.5. The maximum atomic E-state index is 5.38. The maximum Gasteiger partial charge on any atom is 0.0623 e. The van der Waals surface area contributed by atoms with E-state index >= 15 is 0 Å². The molecule has 3 aliphatic rings. The molecule has 2 heteroatoms. The highest BCUT2D eigenvalue weighted by molar-refractivity contribution is 5.02. The second-order valence-corrected chi connectivity index (χ2v) is 3.50. The Morgan fingerprint density at radius 2 is 2.18 bits per heavy atom. The third-order valence-corrected chi connectivity index (χ3v) is 2.82. The second kappa shape index (κ2) is 2.61. The van der Waals surface area contributed by atoms with Gasteiger partial charge in [0.1, 0.15) is 0 Å². The molecule has 0 aromatic heterocycles. The maximum absolute atomic E-state index is 5.38. The molecule has 3 aliphatic heterocycles. The van der Waals surface area contributed by atoms with Crippen molar-refractivity contribution in [1.29, 1.82) is 0 Å². The lowest BCUT2D eigenvalue weighted by molar-refractivity contribution is -0.136. The van der Waals surface area contributed by atoms with Gasteiger partial charge in [0.25, 0.3) is 0 Å². The summed E-state index contributed by atoms with van der Waals surface area (Å²) in [5.41, 5.74) is 0. The fourth-order valence-corrected chi connectivity index (χ4v) is 2.15. The van der Waals surface area contributed by atoms with Crippen molar-refractivity contribution in [2.24, 2.45) is 0 Å². The Morgan fingerprint density at radius 3 is 2.64 bits per heavy atom. The number of hydrogen-bond donors (Lipinski definition) is 0. The average molecular weight is 153 g/mol. The van der Waals surface area contributed by atoms with Crippen molar-refractivity contribution in [3.05, 3.63) is 12.7 Å². The van der Waals surface area contributed by atoms with Gasteiger partial charge >= 0.3 is 0 Å². The van der Waals surface area contributed by atoms with Crippen molar-refractivity contribution >= 4 is 0 Å². The number of fused-ring (bicyclic) bond motifs is 2. The molecule has 11 heavy (non-hydrogen) atoms. The van der Waals surface area contributed by atoms with Gasteiger partial charge in [0.2, 0.25) is 0 Å². The lowest BCUT2D eigenvalue weighted by atomic mass is 9.89. The Kier molecular flexibility index (Phi) is 1.74. The SMILES string of the molecule is C=CC(C)N1C2COCC1C2. The number of morpholine rings is 1. The molecule has 0 aromatic carbocycles. The number of ether oxygens (including phenoxy) is 1. The third kappa shape index (κ3) is 1.01. The lowest BCUT2D eigenvalue weighted by Crippen LogP contribution is -2.65. The summed E-state index contributed by atoms with van der Waals surface area (Å²) in [5.74, 6) is 0. The molecule has 0 aromatic rings. The molecular formula is C9H15NO. The van der Waals surface area contributed by atoms with Crippen molar-refractivity contribution in [2.75, 3.05) is 13.2 Å². The van der Waals surface area contributed by atoms with Gasteiger partial charge in [0.15, 0.2) is 0 Å². The third-order valence-electron chi connectivity index (χ3n) is 2.82. The Hall–Kier alpha value is -0.340. The minimum absolute atomic E-state index is 0.530. The molecule has 0 amide bonds. The summed E-state index contributed by atoms with van der Waals surface area (Å²) < 4.78 is 5.38. The molecule has 3 heterocycles. The van der Waals surface area contributed by atoms with Gasteiger partial charge in [0.05, 0.1) is 13.2 Å². The monoisotopic (exact) mass is 153 g/mol. The van der Waals surface area contributed by atoms with E-state index in [-0.39, 0.29) is 0 Å². The van der Waals surface area contributed by atoms with Crippen LogP contribution in [-0.2, 0) is 4.74 Å². The number of nitrogens with zero attached hydrogens (tertiary/aromatic N) is 1. The fourth-order valence-electron chi connectivity index (χ4n) is 2.15. The minimum atomic E-state index is 0.530. The molecule has 3 rings (SSSR count). The van der Waals surface area contributed by atoms with Crippen LogP contribution in [0, 0.1) is 0 Å². The molecule has 0 saturated carbocycles. The Balaban J connectivity index is 2.00. The van der Waals surface area contributed by atoms with Crippen LogP contribution >= 0.6 is 0 Å². The number of rotatable bonds is 2. The second-order valence-electron chi connectivity index (χ2n) is 3.50. The van der Waals surface area contributed by atoms with E-state index in [2.05, 4.69) is 18.4 Å². The topological polar surface area (TPSA) is 12.5 Å². The van der Waals surface area contributed by atoms with Crippen LogP contribution in [-0.4, -0.2) is 36.2 Å². The smallest absolute Gasteiger partial charge is 0.0623 e. The highest BCUT2D eigenvalue weighted by Crippen LogP contribution is 2.32. The summed E-state index contributed by atoms with van der Waals surface area (Å²) in [4.78, 5) is 2.51. The predicted molar refractivity (Wildman–Crippen MR) is 44.5 cm³/mol. The molecule has 0 spiro atoms. The van der Waals surface area contributed by atoms with Gasteiger partial charge in [-0.25, -0.2) is 0 Å². The summed E-state index contributed by atoms with van der Waals surface area (Å²) in [7, 11) is 0. The van der Waals surface area contributed by atoms with E-state index in [1.807, 2.05) is 6.08 Å². The molecule has 0 N–H and O–H groups in total. The normalized spacial score (nSPS) is 39.4. The first-order valence-electron chi connectivity index (χ1n) is 4.30. The van der Waals surface area contributed by atoms with Gasteiger partial charge in [-0.3, -0.25) is 4.90 Å². The molecular weight excluding hydrogens is 138 g/mol. The zero-order valence-electron chi connectivity index (χ0n) is 6.99. The molecule has 2 nitrogen and oxygen atoms in total. The first-order valence-corrected chi connectivity index (χ1v) is 4.30. The van der Waals surface area contributed by atoms with Gasteiger partial charge in [-0.1, -0.05) is 6.08 Å². The zero-order chi connectivity index (χ0) is 7.84. The van der Waals surface area contributed by atoms with Crippen molar-refractivity contribution in [1.82, 2.24) is 4.90 Å². The van der Waals surface area contributed by atoms with E-state index in [4.69, 9.17) is 4.74 Å². The standard InChI is InChI=1S/C9H15NO/c1-3-7(2)10-8-4-9(10)6-11-5-8/h3,7-9H,1,4-6H2,2H3. The molecule has 3 fully saturated rings. The largest absolute Gasteiger partial charge is 0.378 e. The van der Waals surface area contributed by atoms with Crippen LogP contribution in [0.3, 0.4) is 0 Å². The molecule has 2 bridgehead atoms. The van der Waals surface area contributed by atoms with Crippen LogP contribution < -0.4 is 0 Å². The van der Waals surface area contributed by atoms with Crippen molar-refractivity contribution < 1.29 is 4.74 Å². The van der Waals surface area contributed by atoms with Crippen molar-refractivity contribution in [3.63, 3.8) is 0 Å². The molecule has 3 unspecified atom stereocenters. The van der Waals surface area contributed by atoms with Crippen molar-refractivity contribution in [3.8, 4) is 0 Å². The van der Waals surface area contributed by atoms with Gasteiger partial charge in [-0.2, -0.15) is 0 Å². The van der Waals surface area contributed by atoms with E-state index in [1.54, 1.807) is 0 Å². The quantitative estimate of drug-likeness (QED) is 0.549. The first kappa shape index (κ1) is 7.32. The van der Waals surface area contributed by atoms with Crippen LogP contribution in [0.25, 0.3) is 0 Å². The Labute approximate surface area is 67.8 Å². The Bertz CT molecular complexity index is 155. The van der Waals surface area contributed by atoms with Gasteiger partial charge < -0.3 is 4.74 Å². The summed E-state index contributed by atoms with van der Waals surface area (Å²) in [6.07, 6.45) is 3.35. The van der Waals surface area contributed by atoms with Crippen LogP contribution in [0.1, 0.15) is 13.3 Å². The summed E-state index contributed by atoms with van der Waals surface area (Å²) in [6, 6.07) is 1.89. The fraction of sp³-hybridized carbons (Fsp3) is 0.778. The lowest BCUT2D eigenvalue weighted by Gasteiger charge is -2.54.